The van der Waals surface area contributed by atoms with Gasteiger partial charge in [-0.05, 0) is 44.7 Å². The molecule has 1 unspecified atom stereocenters. The van der Waals surface area contributed by atoms with Crippen molar-refractivity contribution >= 4 is 6.16 Å². The topological polar surface area (TPSA) is 116 Å². The molecule has 0 saturated heterocycles. The second-order valence-corrected chi connectivity index (χ2v) is 8.02. The number of rotatable bonds is 5. The number of halogens is 3. The van der Waals surface area contributed by atoms with Crippen molar-refractivity contribution in [1.29, 1.82) is 5.26 Å². The fourth-order valence-corrected chi connectivity index (χ4v) is 3.75. The second kappa shape index (κ2) is 10.1. The molecule has 2 aromatic heterocycles. The van der Waals surface area contributed by atoms with E-state index in [0.29, 0.717) is 11.1 Å². The minimum Gasteiger partial charge on any atom is -0.431 e. The number of alkyl halides is 3. The fourth-order valence-electron chi connectivity index (χ4n) is 3.75. The standard InChI is InChI=1S/C23H21F3N6O3/c1-14(34-22(33)35-17-8-3-2-4-9-17)32-30-18(13-27)20(31-32)15-6-5-7-16(12-15)21-28-11-10-19(29-21)23(24,25)26/h5-7,10-12,14,17H,2-4,8-9H2,1H3. The van der Waals surface area contributed by atoms with Gasteiger partial charge < -0.3 is 9.47 Å². The smallest absolute Gasteiger partial charge is 0.431 e. The summed E-state index contributed by atoms with van der Waals surface area (Å²) >= 11 is 0. The zero-order valence-electron chi connectivity index (χ0n) is 18.7. The number of hydrogen-bond donors (Lipinski definition) is 0. The van der Waals surface area contributed by atoms with E-state index >= 15 is 0 Å². The van der Waals surface area contributed by atoms with Crippen LogP contribution in [0, 0.1) is 11.3 Å². The summed E-state index contributed by atoms with van der Waals surface area (Å²) in [6.45, 7) is 1.53. The fraction of sp³-hybridized carbons (Fsp3) is 0.391. The summed E-state index contributed by atoms with van der Waals surface area (Å²) in [6.07, 6.45) is -0.880. The molecule has 0 spiro atoms. The van der Waals surface area contributed by atoms with Crippen molar-refractivity contribution in [1.82, 2.24) is 25.0 Å². The van der Waals surface area contributed by atoms with E-state index < -0.39 is 24.3 Å². The first-order valence-electron chi connectivity index (χ1n) is 11.0. The Labute approximate surface area is 198 Å². The molecule has 9 nitrogen and oxygen atoms in total. The van der Waals surface area contributed by atoms with E-state index in [1.54, 1.807) is 18.2 Å². The lowest BCUT2D eigenvalue weighted by molar-refractivity contribution is -0.141. The molecule has 0 bridgehead atoms. The molecule has 35 heavy (non-hydrogen) atoms. The zero-order chi connectivity index (χ0) is 25.0. The van der Waals surface area contributed by atoms with Crippen LogP contribution >= 0.6 is 0 Å². The number of aromatic nitrogens is 5. The van der Waals surface area contributed by atoms with Gasteiger partial charge in [0.25, 0.3) is 0 Å². The summed E-state index contributed by atoms with van der Waals surface area (Å²) in [7, 11) is 0. The van der Waals surface area contributed by atoms with Crippen molar-refractivity contribution in [2.75, 3.05) is 0 Å². The zero-order valence-corrected chi connectivity index (χ0v) is 18.7. The molecule has 2 heterocycles. The summed E-state index contributed by atoms with van der Waals surface area (Å²) in [5, 5.41) is 17.9. The lowest BCUT2D eigenvalue weighted by Gasteiger charge is -2.22. The van der Waals surface area contributed by atoms with Gasteiger partial charge in [0.2, 0.25) is 6.23 Å². The predicted molar refractivity (Wildman–Crippen MR) is 115 cm³/mol. The van der Waals surface area contributed by atoms with E-state index in [1.807, 2.05) is 6.07 Å². The van der Waals surface area contributed by atoms with Crippen LogP contribution in [0.3, 0.4) is 0 Å². The molecule has 0 amide bonds. The van der Waals surface area contributed by atoms with Crippen molar-refractivity contribution in [2.24, 2.45) is 0 Å². The Hall–Kier alpha value is -4.01. The molecule has 1 saturated carbocycles. The van der Waals surface area contributed by atoms with Gasteiger partial charge in [-0.1, -0.05) is 24.6 Å². The minimum atomic E-state index is -4.61. The van der Waals surface area contributed by atoms with Crippen LogP contribution in [0.4, 0.5) is 18.0 Å². The van der Waals surface area contributed by atoms with Gasteiger partial charge in [0.1, 0.15) is 23.6 Å². The van der Waals surface area contributed by atoms with Gasteiger partial charge in [0, 0.05) is 17.3 Å². The molecule has 0 N–H and O–H groups in total. The molecule has 1 atom stereocenters. The molecule has 1 aromatic carbocycles. The first-order valence-corrected chi connectivity index (χ1v) is 11.0. The number of nitrogens with zero attached hydrogens (tertiary/aromatic N) is 6. The molecule has 0 radical (unpaired) electrons. The number of ether oxygens (including phenoxy) is 2. The van der Waals surface area contributed by atoms with Crippen molar-refractivity contribution in [2.45, 2.75) is 57.5 Å². The Morgan fingerprint density at radius 2 is 1.91 bits per heavy atom. The van der Waals surface area contributed by atoms with E-state index in [4.69, 9.17) is 9.47 Å². The van der Waals surface area contributed by atoms with Crippen LogP contribution in [0.25, 0.3) is 22.6 Å². The largest absolute Gasteiger partial charge is 0.510 e. The Morgan fingerprint density at radius 1 is 1.17 bits per heavy atom. The summed E-state index contributed by atoms with van der Waals surface area (Å²) < 4.78 is 49.7. The number of carbonyl (C=O) groups is 1. The van der Waals surface area contributed by atoms with Gasteiger partial charge in [0.15, 0.2) is 11.5 Å². The van der Waals surface area contributed by atoms with E-state index in [9.17, 15) is 23.2 Å². The van der Waals surface area contributed by atoms with Crippen LogP contribution in [-0.2, 0) is 15.7 Å². The van der Waals surface area contributed by atoms with Gasteiger partial charge >= 0.3 is 12.3 Å². The summed E-state index contributed by atoms with van der Waals surface area (Å²) in [5.41, 5.74) is -0.251. The Morgan fingerprint density at radius 3 is 2.63 bits per heavy atom. The predicted octanol–water partition coefficient (Wildman–Crippen LogP) is 5.30. The molecular weight excluding hydrogens is 465 g/mol. The third kappa shape index (κ3) is 5.74. The molecule has 3 aromatic rings. The average molecular weight is 486 g/mol. The summed E-state index contributed by atoms with van der Waals surface area (Å²) in [6, 6.07) is 8.97. The molecule has 1 fully saturated rings. The number of hydrogen-bond acceptors (Lipinski definition) is 8. The normalized spacial score (nSPS) is 15.3. The number of benzene rings is 1. The highest BCUT2D eigenvalue weighted by Gasteiger charge is 2.33. The Balaban J connectivity index is 1.55. The SMILES string of the molecule is CC(OC(=O)OC1CCCCC1)n1nc(C#N)c(-c2cccc(-c3nccc(C(F)(F)F)n3)c2)n1. The Bertz CT molecular complexity index is 1250. The van der Waals surface area contributed by atoms with Crippen molar-refractivity contribution in [3.8, 4) is 28.7 Å². The maximum absolute atomic E-state index is 13.0. The van der Waals surface area contributed by atoms with Gasteiger partial charge in [-0.2, -0.15) is 18.4 Å². The van der Waals surface area contributed by atoms with E-state index in [1.165, 1.54) is 13.0 Å². The number of carbonyl (C=O) groups excluding carboxylic acids is 1. The van der Waals surface area contributed by atoms with Crippen LogP contribution in [0.5, 0.6) is 0 Å². The van der Waals surface area contributed by atoms with Gasteiger partial charge in [-0.25, -0.2) is 14.8 Å². The molecule has 1 aliphatic rings. The van der Waals surface area contributed by atoms with Crippen LogP contribution < -0.4 is 0 Å². The average Bonchev–Trinajstić information content (AvgIpc) is 3.29. The van der Waals surface area contributed by atoms with Crippen LogP contribution in [-0.4, -0.2) is 37.2 Å². The van der Waals surface area contributed by atoms with Crippen LogP contribution in [0.15, 0.2) is 36.5 Å². The van der Waals surface area contributed by atoms with E-state index in [-0.39, 0.29) is 23.3 Å². The maximum Gasteiger partial charge on any atom is 0.510 e. The maximum atomic E-state index is 13.0. The van der Waals surface area contributed by atoms with E-state index in [0.717, 1.165) is 49.2 Å². The molecule has 0 aliphatic heterocycles. The molecule has 182 valence electrons. The first-order chi connectivity index (χ1) is 16.7. The second-order valence-electron chi connectivity index (χ2n) is 8.02. The third-order valence-corrected chi connectivity index (χ3v) is 5.48. The van der Waals surface area contributed by atoms with Crippen LogP contribution in [0.1, 0.15) is 56.6 Å². The van der Waals surface area contributed by atoms with Gasteiger partial charge in [0.05, 0.1) is 0 Å². The lowest BCUT2D eigenvalue weighted by Crippen LogP contribution is -2.24. The molecule has 12 heteroatoms. The molecule has 1 aliphatic carbocycles. The van der Waals surface area contributed by atoms with Crippen molar-refractivity contribution in [3.63, 3.8) is 0 Å². The lowest BCUT2D eigenvalue weighted by atomic mass is 9.98. The number of nitriles is 1. The third-order valence-electron chi connectivity index (χ3n) is 5.48. The highest BCUT2D eigenvalue weighted by Crippen LogP contribution is 2.30. The quantitative estimate of drug-likeness (QED) is 0.446. The highest BCUT2D eigenvalue weighted by atomic mass is 19.4. The van der Waals surface area contributed by atoms with E-state index in [2.05, 4.69) is 20.2 Å². The molecule has 4 rings (SSSR count). The minimum absolute atomic E-state index is 0.0526. The molecular formula is C23H21F3N6O3. The Kier molecular flexibility index (Phi) is 6.95. The monoisotopic (exact) mass is 486 g/mol. The van der Waals surface area contributed by atoms with Gasteiger partial charge in [-0.3, -0.25) is 0 Å². The van der Waals surface area contributed by atoms with Crippen molar-refractivity contribution < 1.29 is 27.4 Å². The van der Waals surface area contributed by atoms with Crippen LogP contribution in [0.2, 0.25) is 0 Å². The highest BCUT2D eigenvalue weighted by molar-refractivity contribution is 5.70. The van der Waals surface area contributed by atoms with Crippen molar-refractivity contribution in [3.05, 3.63) is 47.9 Å². The summed E-state index contributed by atoms with van der Waals surface area (Å²) in [5.74, 6) is -0.130. The van der Waals surface area contributed by atoms with Gasteiger partial charge in [-0.15, -0.1) is 15.0 Å². The summed E-state index contributed by atoms with van der Waals surface area (Å²) in [4.78, 5) is 20.7. The first kappa shape index (κ1) is 24.1.